The van der Waals surface area contributed by atoms with Crippen LogP contribution in [0.3, 0.4) is 0 Å². The highest BCUT2D eigenvalue weighted by Gasteiger charge is 2.32. The number of fused-ring (bicyclic) bond motifs is 1. The van der Waals surface area contributed by atoms with Crippen LogP contribution in [-0.2, 0) is 0 Å². The highest BCUT2D eigenvalue weighted by molar-refractivity contribution is 4.87. The van der Waals surface area contributed by atoms with E-state index < -0.39 is 0 Å². The SMILES string of the molecule is CCCCCCC(C)NC1CCC2CCCCC2C1. The zero-order valence-electron chi connectivity index (χ0n) is 13.3. The number of hydrogen-bond acceptors (Lipinski definition) is 1. The molecule has 4 unspecified atom stereocenters. The van der Waals surface area contributed by atoms with Gasteiger partial charge in [-0.3, -0.25) is 0 Å². The third-order valence-electron chi connectivity index (χ3n) is 5.55. The molecule has 0 amide bonds. The molecule has 2 fully saturated rings. The summed E-state index contributed by atoms with van der Waals surface area (Å²) in [4.78, 5) is 0. The summed E-state index contributed by atoms with van der Waals surface area (Å²) in [6.07, 6.45) is 17.5. The van der Waals surface area contributed by atoms with Gasteiger partial charge in [0, 0.05) is 12.1 Å². The molecule has 0 heterocycles. The van der Waals surface area contributed by atoms with Crippen molar-refractivity contribution in [1.29, 1.82) is 0 Å². The van der Waals surface area contributed by atoms with Crippen LogP contribution in [0.1, 0.15) is 90.9 Å². The average molecular weight is 265 g/mol. The predicted molar refractivity (Wildman–Crippen MR) is 84.4 cm³/mol. The second-order valence-corrected chi connectivity index (χ2v) is 7.23. The Labute approximate surface area is 120 Å². The Morgan fingerprint density at radius 1 is 0.947 bits per heavy atom. The summed E-state index contributed by atoms with van der Waals surface area (Å²) < 4.78 is 0. The molecular weight excluding hydrogens is 230 g/mol. The van der Waals surface area contributed by atoms with Gasteiger partial charge < -0.3 is 5.32 Å². The first kappa shape index (κ1) is 15.4. The van der Waals surface area contributed by atoms with Crippen LogP contribution in [0.4, 0.5) is 0 Å². The molecule has 2 aliphatic carbocycles. The fourth-order valence-electron chi connectivity index (χ4n) is 4.39. The molecule has 0 aromatic rings. The van der Waals surface area contributed by atoms with Crippen molar-refractivity contribution in [2.75, 3.05) is 0 Å². The van der Waals surface area contributed by atoms with Gasteiger partial charge in [-0.2, -0.15) is 0 Å². The molecule has 0 aliphatic heterocycles. The largest absolute Gasteiger partial charge is 0.311 e. The summed E-state index contributed by atoms with van der Waals surface area (Å²) in [5, 5.41) is 3.93. The summed E-state index contributed by atoms with van der Waals surface area (Å²) in [7, 11) is 0. The average Bonchev–Trinajstić information content (AvgIpc) is 2.43. The second-order valence-electron chi connectivity index (χ2n) is 7.23. The van der Waals surface area contributed by atoms with Crippen molar-refractivity contribution in [3.63, 3.8) is 0 Å². The minimum Gasteiger partial charge on any atom is -0.311 e. The van der Waals surface area contributed by atoms with Crippen molar-refractivity contribution in [3.05, 3.63) is 0 Å². The van der Waals surface area contributed by atoms with Gasteiger partial charge in [0.25, 0.3) is 0 Å². The highest BCUT2D eigenvalue weighted by Crippen LogP contribution is 2.40. The van der Waals surface area contributed by atoms with Crippen LogP contribution < -0.4 is 5.32 Å². The van der Waals surface area contributed by atoms with Crippen molar-refractivity contribution < 1.29 is 0 Å². The minimum atomic E-state index is 0.738. The van der Waals surface area contributed by atoms with E-state index in [1.165, 1.54) is 77.0 Å². The molecular formula is C18H35N. The van der Waals surface area contributed by atoms with E-state index in [0.29, 0.717) is 0 Å². The lowest BCUT2D eigenvalue weighted by Crippen LogP contribution is -2.42. The molecule has 2 aliphatic rings. The molecule has 2 saturated carbocycles. The maximum Gasteiger partial charge on any atom is 0.00723 e. The van der Waals surface area contributed by atoms with Crippen LogP contribution in [0.5, 0.6) is 0 Å². The van der Waals surface area contributed by atoms with Gasteiger partial charge in [0.05, 0.1) is 0 Å². The fraction of sp³-hybridized carbons (Fsp3) is 1.00. The Kier molecular flexibility index (Phi) is 6.70. The Balaban J connectivity index is 1.62. The number of nitrogens with one attached hydrogen (secondary N) is 1. The van der Waals surface area contributed by atoms with Crippen molar-refractivity contribution in [3.8, 4) is 0 Å². The molecule has 112 valence electrons. The maximum absolute atomic E-state index is 3.93. The summed E-state index contributed by atoms with van der Waals surface area (Å²) in [6.45, 7) is 4.70. The number of unbranched alkanes of at least 4 members (excludes halogenated alkanes) is 3. The van der Waals surface area contributed by atoms with Gasteiger partial charge >= 0.3 is 0 Å². The summed E-state index contributed by atoms with van der Waals surface area (Å²) in [5.74, 6) is 2.15. The van der Waals surface area contributed by atoms with E-state index >= 15 is 0 Å². The van der Waals surface area contributed by atoms with Crippen molar-refractivity contribution in [2.24, 2.45) is 11.8 Å². The van der Waals surface area contributed by atoms with E-state index in [1.807, 2.05) is 0 Å². The third kappa shape index (κ3) is 5.10. The molecule has 19 heavy (non-hydrogen) atoms. The Morgan fingerprint density at radius 3 is 2.53 bits per heavy atom. The first-order valence-corrected chi connectivity index (χ1v) is 9.05. The van der Waals surface area contributed by atoms with Gasteiger partial charge in [0.1, 0.15) is 0 Å². The first-order valence-electron chi connectivity index (χ1n) is 9.05. The Bertz CT molecular complexity index is 238. The molecule has 0 radical (unpaired) electrons. The standard InChI is InChI=1S/C18H35N/c1-3-4-5-6-9-15(2)19-18-13-12-16-10-7-8-11-17(16)14-18/h15-19H,3-14H2,1-2H3. The van der Waals surface area contributed by atoms with Crippen LogP contribution >= 0.6 is 0 Å². The minimum absolute atomic E-state index is 0.738. The quantitative estimate of drug-likeness (QED) is 0.616. The molecule has 0 spiro atoms. The van der Waals surface area contributed by atoms with E-state index in [0.717, 1.165) is 23.9 Å². The summed E-state index contributed by atoms with van der Waals surface area (Å²) in [5.41, 5.74) is 0. The smallest absolute Gasteiger partial charge is 0.00723 e. The molecule has 1 heteroatoms. The van der Waals surface area contributed by atoms with E-state index in [-0.39, 0.29) is 0 Å². The lowest BCUT2D eigenvalue weighted by molar-refractivity contribution is 0.138. The van der Waals surface area contributed by atoms with E-state index in [2.05, 4.69) is 19.2 Å². The second kappa shape index (κ2) is 8.29. The number of rotatable bonds is 7. The van der Waals surface area contributed by atoms with Gasteiger partial charge in [-0.1, -0.05) is 58.3 Å². The Morgan fingerprint density at radius 2 is 1.74 bits per heavy atom. The van der Waals surface area contributed by atoms with Gasteiger partial charge in [0.2, 0.25) is 0 Å². The summed E-state index contributed by atoms with van der Waals surface area (Å²) >= 11 is 0. The van der Waals surface area contributed by atoms with Gasteiger partial charge in [-0.15, -0.1) is 0 Å². The van der Waals surface area contributed by atoms with E-state index in [1.54, 1.807) is 0 Å². The molecule has 1 nitrogen and oxygen atoms in total. The molecule has 0 saturated heterocycles. The predicted octanol–water partition coefficient (Wildman–Crippen LogP) is 5.29. The fourth-order valence-corrected chi connectivity index (χ4v) is 4.39. The van der Waals surface area contributed by atoms with Crippen molar-refractivity contribution >= 4 is 0 Å². The molecule has 0 aromatic carbocycles. The van der Waals surface area contributed by atoms with Crippen LogP contribution in [0.25, 0.3) is 0 Å². The highest BCUT2D eigenvalue weighted by atomic mass is 14.9. The maximum atomic E-state index is 3.93. The van der Waals surface area contributed by atoms with Crippen molar-refractivity contribution in [1.82, 2.24) is 5.32 Å². The lowest BCUT2D eigenvalue weighted by Gasteiger charge is -2.40. The third-order valence-corrected chi connectivity index (χ3v) is 5.55. The van der Waals surface area contributed by atoms with Crippen LogP contribution in [0.2, 0.25) is 0 Å². The first-order chi connectivity index (χ1) is 9.29. The van der Waals surface area contributed by atoms with Crippen LogP contribution in [0, 0.1) is 11.8 Å². The number of hydrogen-bond donors (Lipinski definition) is 1. The van der Waals surface area contributed by atoms with Gasteiger partial charge in [-0.25, -0.2) is 0 Å². The van der Waals surface area contributed by atoms with Crippen LogP contribution in [0.15, 0.2) is 0 Å². The van der Waals surface area contributed by atoms with Gasteiger partial charge in [0.15, 0.2) is 0 Å². The van der Waals surface area contributed by atoms with E-state index in [4.69, 9.17) is 0 Å². The molecule has 0 bridgehead atoms. The van der Waals surface area contributed by atoms with Gasteiger partial charge in [-0.05, 0) is 44.4 Å². The molecule has 4 atom stereocenters. The zero-order valence-corrected chi connectivity index (χ0v) is 13.3. The molecule has 1 N–H and O–H groups in total. The molecule has 0 aromatic heterocycles. The van der Waals surface area contributed by atoms with Crippen molar-refractivity contribution in [2.45, 2.75) is 103 Å². The monoisotopic (exact) mass is 265 g/mol. The van der Waals surface area contributed by atoms with E-state index in [9.17, 15) is 0 Å². The topological polar surface area (TPSA) is 12.0 Å². The normalized spacial score (nSPS) is 32.8. The lowest BCUT2D eigenvalue weighted by atomic mass is 9.69. The Hall–Kier alpha value is -0.0400. The molecule has 2 rings (SSSR count). The van der Waals surface area contributed by atoms with Crippen LogP contribution in [-0.4, -0.2) is 12.1 Å². The summed E-state index contributed by atoms with van der Waals surface area (Å²) in [6, 6.07) is 1.57. The zero-order chi connectivity index (χ0) is 13.5.